The largest absolute Gasteiger partial charge is 0.504 e. The summed E-state index contributed by atoms with van der Waals surface area (Å²) < 4.78 is 0. The average Bonchev–Trinajstić information content (AvgIpc) is 2.24. The highest BCUT2D eigenvalue weighted by Crippen LogP contribution is 2.27. The molecular weight excluding hydrogens is 192 g/mol. The number of aromatic hydroxyl groups is 2. The van der Waals surface area contributed by atoms with E-state index in [4.69, 9.17) is 16.8 Å². The van der Waals surface area contributed by atoms with Gasteiger partial charge in [-0.15, -0.1) is 6.42 Å². The van der Waals surface area contributed by atoms with E-state index in [1.807, 2.05) is 6.07 Å². The number of hydrogen-bond acceptors (Lipinski definition) is 4. The second-order valence-corrected chi connectivity index (χ2v) is 2.90. The lowest BCUT2D eigenvalue weighted by Gasteiger charge is -2.10. The van der Waals surface area contributed by atoms with E-state index in [2.05, 4.69) is 11.2 Å². The minimum Gasteiger partial charge on any atom is -0.504 e. The van der Waals surface area contributed by atoms with Gasteiger partial charge in [0.05, 0.1) is 12.6 Å². The zero-order valence-corrected chi connectivity index (χ0v) is 7.94. The highest BCUT2D eigenvalue weighted by Gasteiger charge is 2.10. The topological polar surface area (TPSA) is 76.3 Å². The molecule has 1 rings (SSSR count). The van der Waals surface area contributed by atoms with Gasteiger partial charge in [-0.3, -0.25) is 5.32 Å². The molecule has 0 aliphatic carbocycles. The molecule has 0 fully saturated rings. The quantitative estimate of drug-likeness (QED) is 0.502. The van der Waals surface area contributed by atoms with Gasteiger partial charge in [-0.05, 0) is 17.7 Å². The van der Waals surface area contributed by atoms with E-state index in [0.717, 1.165) is 0 Å². The number of phenols is 2. The van der Waals surface area contributed by atoms with Crippen LogP contribution in [0.1, 0.15) is 11.6 Å². The fourth-order valence-corrected chi connectivity index (χ4v) is 1.12. The SMILES string of the molecule is C#CCNC(C#N)c1ccc(O)c(O)c1. The van der Waals surface area contributed by atoms with E-state index in [-0.39, 0.29) is 18.0 Å². The van der Waals surface area contributed by atoms with Gasteiger partial charge in [0.25, 0.3) is 0 Å². The molecule has 0 amide bonds. The van der Waals surface area contributed by atoms with Gasteiger partial charge in [0.15, 0.2) is 11.5 Å². The Bertz CT molecular complexity index is 429. The third-order valence-electron chi connectivity index (χ3n) is 1.87. The Hall–Kier alpha value is -2.17. The Labute approximate surface area is 87.8 Å². The summed E-state index contributed by atoms with van der Waals surface area (Å²) in [5.41, 5.74) is 0.558. The van der Waals surface area contributed by atoms with E-state index in [9.17, 15) is 5.11 Å². The minimum atomic E-state index is -0.590. The van der Waals surface area contributed by atoms with Gasteiger partial charge in [-0.1, -0.05) is 12.0 Å². The maximum absolute atomic E-state index is 9.24. The number of benzene rings is 1. The monoisotopic (exact) mass is 202 g/mol. The third-order valence-corrected chi connectivity index (χ3v) is 1.87. The molecule has 0 radical (unpaired) electrons. The molecule has 0 bridgehead atoms. The number of nitrogens with one attached hydrogen (secondary N) is 1. The Morgan fingerprint density at radius 1 is 1.40 bits per heavy atom. The van der Waals surface area contributed by atoms with Crippen molar-refractivity contribution in [3.63, 3.8) is 0 Å². The van der Waals surface area contributed by atoms with Crippen molar-refractivity contribution in [1.29, 1.82) is 5.26 Å². The molecule has 4 heteroatoms. The predicted molar refractivity (Wildman–Crippen MR) is 55.0 cm³/mol. The Kier molecular flexibility index (Phi) is 3.56. The van der Waals surface area contributed by atoms with Crippen LogP contribution in [-0.2, 0) is 0 Å². The first-order valence-corrected chi connectivity index (χ1v) is 4.27. The highest BCUT2D eigenvalue weighted by molar-refractivity contribution is 5.42. The molecule has 1 unspecified atom stereocenters. The first-order valence-electron chi connectivity index (χ1n) is 4.27. The lowest BCUT2D eigenvalue weighted by atomic mass is 10.1. The van der Waals surface area contributed by atoms with Crippen molar-refractivity contribution in [1.82, 2.24) is 5.32 Å². The molecule has 1 atom stereocenters. The standard InChI is InChI=1S/C11H10N2O2/c1-2-5-13-9(7-12)8-3-4-10(14)11(15)6-8/h1,3-4,6,9,13-15H,5H2. The maximum atomic E-state index is 9.24. The maximum Gasteiger partial charge on any atom is 0.157 e. The van der Waals surface area contributed by atoms with Crippen LogP contribution < -0.4 is 5.32 Å². The van der Waals surface area contributed by atoms with Gasteiger partial charge in [0.2, 0.25) is 0 Å². The second kappa shape index (κ2) is 4.90. The molecule has 3 N–H and O–H groups in total. The van der Waals surface area contributed by atoms with Crippen molar-refractivity contribution in [2.24, 2.45) is 0 Å². The summed E-state index contributed by atoms with van der Waals surface area (Å²) in [4.78, 5) is 0. The van der Waals surface area contributed by atoms with Crippen LogP contribution in [0, 0.1) is 23.7 Å². The first-order chi connectivity index (χ1) is 7.19. The number of nitrogens with zero attached hydrogens (tertiary/aromatic N) is 1. The molecule has 1 aromatic rings. The molecule has 0 aromatic heterocycles. The number of terminal acetylenes is 1. The molecule has 0 spiro atoms. The Morgan fingerprint density at radius 3 is 2.67 bits per heavy atom. The molecule has 76 valence electrons. The van der Waals surface area contributed by atoms with Crippen LogP contribution in [0.4, 0.5) is 0 Å². The highest BCUT2D eigenvalue weighted by atomic mass is 16.3. The molecule has 15 heavy (non-hydrogen) atoms. The lowest BCUT2D eigenvalue weighted by Crippen LogP contribution is -2.19. The fraction of sp³-hybridized carbons (Fsp3) is 0.182. The molecule has 4 nitrogen and oxygen atoms in total. The zero-order valence-electron chi connectivity index (χ0n) is 7.94. The van der Waals surface area contributed by atoms with Crippen LogP contribution in [0.25, 0.3) is 0 Å². The van der Waals surface area contributed by atoms with Crippen molar-refractivity contribution in [2.75, 3.05) is 6.54 Å². The predicted octanol–water partition coefficient (Wildman–Crippen LogP) is 0.885. The van der Waals surface area contributed by atoms with Crippen LogP contribution in [0.2, 0.25) is 0 Å². The zero-order chi connectivity index (χ0) is 11.3. The minimum absolute atomic E-state index is 0.215. The molecule has 0 saturated heterocycles. The van der Waals surface area contributed by atoms with Gasteiger partial charge >= 0.3 is 0 Å². The van der Waals surface area contributed by atoms with Crippen LogP contribution in [0.15, 0.2) is 18.2 Å². The number of rotatable bonds is 3. The molecule has 1 aromatic carbocycles. The number of phenolic OH excluding ortho intramolecular Hbond substituents is 2. The van der Waals surface area contributed by atoms with Crippen molar-refractivity contribution in [2.45, 2.75) is 6.04 Å². The van der Waals surface area contributed by atoms with E-state index in [1.54, 1.807) is 6.07 Å². The van der Waals surface area contributed by atoms with E-state index in [0.29, 0.717) is 5.56 Å². The second-order valence-electron chi connectivity index (χ2n) is 2.90. The van der Waals surface area contributed by atoms with E-state index >= 15 is 0 Å². The van der Waals surface area contributed by atoms with Crippen LogP contribution in [-0.4, -0.2) is 16.8 Å². The van der Waals surface area contributed by atoms with Gasteiger partial charge < -0.3 is 10.2 Å². The molecule has 0 aliphatic heterocycles. The van der Waals surface area contributed by atoms with Crippen molar-refractivity contribution in [3.8, 4) is 29.9 Å². The smallest absolute Gasteiger partial charge is 0.157 e. The van der Waals surface area contributed by atoms with Crippen LogP contribution in [0.3, 0.4) is 0 Å². The lowest BCUT2D eigenvalue weighted by molar-refractivity contribution is 0.402. The van der Waals surface area contributed by atoms with Gasteiger partial charge in [-0.25, -0.2) is 0 Å². The van der Waals surface area contributed by atoms with E-state index < -0.39 is 6.04 Å². The van der Waals surface area contributed by atoms with E-state index in [1.165, 1.54) is 12.1 Å². The summed E-state index contributed by atoms with van der Waals surface area (Å²) in [6, 6.07) is 5.61. The van der Waals surface area contributed by atoms with Crippen molar-refractivity contribution in [3.05, 3.63) is 23.8 Å². The van der Waals surface area contributed by atoms with Crippen molar-refractivity contribution < 1.29 is 10.2 Å². The third kappa shape index (κ3) is 2.63. The average molecular weight is 202 g/mol. The summed E-state index contributed by atoms with van der Waals surface area (Å²) >= 11 is 0. The van der Waals surface area contributed by atoms with Crippen LogP contribution in [0.5, 0.6) is 11.5 Å². The van der Waals surface area contributed by atoms with Crippen LogP contribution >= 0.6 is 0 Å². The van der Waals surface area contributed by atoms with Gasteiger partial charge in [0.1, 0.15) is 6.04 Å². The molecule has 0 heterocycles. The first kappa shape index (κ1) is 10.9. The van der Waals surface area contributed by atoms with Gasteiger partial charge in [-0.2, -0.15) is 5.26 Å². The summed E-state index contributed by atoms with van der Waals surface area (Å²) in [6.45, 7) is 0.264. The number of hydrogen-bond donors (Lipinski definition) is 3. The van der Waals surface area contributed by atoms with Gasteiger partial charge in [0, 0.05) is 0 Å². The molecular formula is C11H10N2O2. The summed E-state index contributed by atoms with van der Waals surface area (Å²) in [6.07, 6.45) is 5.05. The normalized spacial score (nSPS) is 11.3. The Morgan fingerprint density at radius 2 is 2.13 bits per heavy atom. The summed E-state index contributed by atoms with van der Waals surface area (Å²) in [7, 11) is 0. The molecule has 0 saturated carbocycles. The summed E-state index contributed by atoms with van der Waals surface area (Å²) in [5, 5.41) is 30.0. The summed E-state index contributed by atoms with van der Waals surface area (Å²) in [5.74, 6) is 1.88. The van der Waals surface area contributed by atoms with Crippen molar-refractivity contribution >= 4 is 0 Å². The fourth-order valence-electron chi connectivity index (χ4n) is 1.12. The Balaban J connectivity index is 2.89. The molecule has 0 aliphatic rings. The number of nitriles is 1.